The predicted molar refractivity (Wildman–Crippen MR) is 89.4 cm³/mol. The summed E-state index contributed by atoms with van der Waals surface area (Å²) >= 11 is 6.20. The van der Waals surface area contributed by atoms with Crippen LogP contribution in [0.1, 0.15) is 11.5 Å². The molecule has 1 N–H and O–H groups in total. The van der Waals surface area contributed by atoms with Crippen molar-refractivity contribution in [3.05, 3.63) is 69.5 Å². The van der Waals surface area contributed by atoms with Crippen molar-refractivity contribution in [3.63, 3.8) is 0 Å². The van der Waals surface area contributed by atoms with E-state index in [2.05, 4.69) is 0 Å². The van der Waals surface area contributed by atoms with E-state index >= 15 is 0 Å². The maximum Gasteiger partial charge on any atom is 0.336 e. The third-order valence-corrected chi connectivity index (χ3v) is 4.02. The van der Waals surface area contributed by atoms with E-state index in [1.165, 1.54) is 18.2 Å². The summed E-state index contributed by atoms with van der Waals surface area (Å²) in [5, 5.41) is 10.2. The lowest BCUT2D eigenvalue weighted by atomic mass is 9.96. The predicted octanol–water partition coefficient (Wildman–Crippen LogP) is 3.48. The Morgan fingerprint density at radius 2 is 1.88 bits per heavy atom. The van der Waals surface area contributed by atoms with E-state index in [9.17, 15) is 14.4 Å². The van der Waals surface area contributed by atoms with Gasteiger partial charge in [0.15, 0.2) is 0 Å². The van der Waals surface area contributed by atoms with Gasteiger partial charge in [-0.15, -0.1) is 0 Å². The van der Waals surface area contributed by atoms with Crippen LogP contribution in [0.5, 0.6) is 0 Å². The molecule has 0 spiro atoms. The fourth-order valence-corrected chi connectivity index (χ4v) is 2.79. The maximum atomic E-state index is 11.9. The first-order chi connectivity index (χ1) is 11.5. The Morgan fingerprint density at radius 1 is 1.12 bits per heavy atom. The van der Waals surface area contributed by atoms with Crippen LogP contribution in [-0.2, 0) is 9.59 Å². The molecule has 3 aromatic rings. The standard InChI is InChI=1S/C18H11ClO5/c19-15-4-2-1-3-11(15)13-8-17(21)24-16-7-10(5-6-12(13)16)14(9-20)18(22)23/h1-9,14H,(H,22,23). The zero-order valence-electron chi connectivity index (χ0n) is 12.2. The first-order valence-electron chi connectivity index (χ1n) is 7.02. The lowest BCUT2D eigenvalue weighted by Crippen LogP contribution is -2.12. The van der Waals surface area contributed by atoms with Crippen molar-refractivity contribution >= 4 is 34.8 Å². The largest absolute Gasteiger partial charge is 0.480 e. The maximum absolute atomic E-state index is 11.9. The summed E-state index contributed by atoms with van der Waals surface area (Å²) in [6.45, 7) is 0. The number of hydrogen-bond acceptors (Lipinski definition) is 4. The van der Waals surface area contributed by atoms with Crippen LogP contribution >= 0.6 is 11.6 Å². The van der Waals surface area contributed by atoms with Crippen molar-refractivity contribution in [3.8, 4) is 11.1 Å². The second kappa shape index (κ2) is 6.29. The molecular formula is C18H11ClO5. The van der Waals surface area contributed by atoms with Crippen molar-refractivity contribution < 1.29 is 19.1 Å². The number of benzene rings is 2. The summed E-state index contributed by atoms with van der Waals surface area (Å²) in [7, 11) is 0. The van der Waals surface area contributed by atoms with Gasteiger partial charge in [-0.05, 0) is 17.7 Å². The van der Waals surface area contributed by atoms with Gasteiger partial charge in [-0.1, -0.05) is 41.9 Å². The molecule has 2 aromatic carbocycles. The average Bonchev–Trinajstić information content (AvgIpc) is 2.54. The number of carbonyl (C=O) groups excluding carboxylic acids is 1. The van der Waals surface area contributed by atoms with Crippen LogP contribution in [0.25, 0.3) is 22.1 Å². The van der Waals surface area contributed by atoms with Crippen molar-refractivity contribution in [2.24, 2.45) is 0 Å². The number of carboxylic acids is 1. The fourth-order valence-electron chi connectivity index (χ4n) is 2.55. The molecule has 5 nitrogen and oxygen atoms in total. The molecule has 0 aliphatic rings. The van der Waals surface area contributed by atoms with Crippen LogP contribution in [0.15, 0.2) is 57.7 Å². The average molecular weight is 343 g/mol. The molecule has 0 amide bonds. The molecule has 0 aliphatic carbocycles. The van der Waals surface area contributed by atoms with Gasteiger partial charge in [0, 0.05) is 27.6 Å². The minimum absolute atomic E-state index is 0.197. The molecule has 1 unspecified atom stereocenters. The Bertz CT molecular complexity index is 1010. The van der Waals surface area contributed by atoms with Gasteiger partial charge in [-0.2, -0.15) is 0 Å². The van der Waals surface area contributed by atoms with Crippen molar-refractivity contribution in [2.75, 3.05) is 0 Å². The molecule has 1 aromatic heterocycles. The molecule has 0 saturated heterocycles. The lowest BCUT2D eigenvalue weighted by molar-refractivity contribution is -0.140. The Balaban J connectivity index is 2.27. The SMILES string of the molecule is O=CC(C(=O)O)c1ccc2c(-c3ccccc3Cl)cc(=O)oc2c1. The van der Waals surface area contributed by atoms with Crippen LogP contribution in [-0.4, -0.2) is 17.4 Å². The quantitative estimate of drug-likeness (QED) is 0.446. The minimum Gasteiger partial charge on any atom is -0.480 e. The molecule has 0 radical (unpaired) electrons. The number of carbonyl (C=O) groups is 2. The van der Waals surface area contributed by atoms with Gasteiger partial charge < -0.3 is 14.3 Å². The first-order valence-corrected chi connectivity index (χ1v) is 7.40. The van der Waals surface area contributed by atoms with E-state index in [0.717, 1.165) is 0 Å². The lowest BCUT2D eigenvalue weighted by Gasteiger charge is -2.10. The molecule has 24 heavy (non-hydrogen) atoms. The second-order valence-electron chi connectivity index (χ2n) is 5.17. The molecule has 1 heterocycles. The highest BCUT2D eigenvalue weighted by molar-refractivity contribution is 6.33. The molecule has 0 aliphatic heterocycles. The highest BCUT2D eigenvalue weighted by atomic mass is 35.5. The van der Waals surface area contributed by atoms with Crippen LogP contribution in [0, 0.1) is 0 Å². The molecule has 0 saturated carbocycles. The number of aldehydes is 1. The highest BCUT2D eigenvalue weighted by Gasteiger charge is 2.20. The van der Waals surface area contributed by atoms with Crippen LogP contribution in [0.2, 0.25) is 5.02 Å². The molecule has 6 heteroatoms. The zero-order chi connectivity index (χ0) is 17.3. The van der Waals surface area contributed by atoms with Gasteiger partial charge in [-0.3, -0.25) is 4.79 Å². The highest BCUT2D eigenvalue weighted by Crippen LogP contribution is 2.33. The Kier molecular flexibility index (Phi) is 4.18. The van der Waals surface area contributed by atoms with Gasteiger partial charge >= 0.3 is 11.6 Å². The van der Waals surface area contributed by atoms with Crippen LogP contribution in [0.4, 0.5) is 0 Å². The second-order valence-corrected chi connectivity index (χ2v) is 5.57. The monoisotopic (exact) mass is 342 g/mol. The summed E-state index contributed by atoms with van der Waals surface area (Å²) in [4.78, 5) is 34.0. The minimum atomic E-state index is -1.32. The van der Waals surface area contributed by atoms with E-state index in [1.54, 1.807) is 30.3 Å². The third-order valence-electron chi connectivity index (χ3n) is 3.69. The summed E-state index contributed by atoms with van der Waals surface area (Å²) in [5.74, 6) is -2.59. The summed E-state index contributed by atoms with van der Waals surface area (Å²) < 4.78 is 5.17. The van der Waals surface area contributed by atoms with Gasteiger partial charge in [-0.25, -0.2) is 4.79 Å². The molecule has 0 bridgehead atoms. The fraction of sp³-hybridized carbons (Fsp3) is 0.0556. The molecule has 3 rings (SSSR count). The summed E-state index contributed by atoms with van der Waals surface area (Å²) in [6, 6.07) is 12.9. The van der Waals surface area contributed by atoms with E-state index in [4.69, 9.17) is 21.1 Å². The normalized spacial score (nSPS) is 12.0. The summed E-state index contributed by atoms with van der Waals surface area (Å²) in [5.41, 5.74) is 1.09. The van der Waals surface area contributed by atoms with Crippen molar-refractivity contribution in [1.82, 2.24) is 0 Å². The van der Waals surface area contributed by atoms with Gasteiger partial charge in [0.05, 0.1) is 0 Å². The Hall–Kier alpha value is -2.92. The molecular weight excluding hydrogens is 332 g/mol. The van der Waals surface area contributed by atoms with Crippen molar-refractivity contribution in [1.29, 1.82) is 0 Å². The summed E-state index contributed by atoms with van der Waals surface area (Å²) in [6.07, 6.45) is 0.333. The number of fused-ring (bicyclic) bond motifs is 1. The first kappa shape index (κ1) is 16.0. The molecule has 1 atom stereocenters. The van der Waals surface area contributed by atoms with Gasteiger partial charge in [0.2, 0.25) is 0 Å². The van der Waals surface area contributed by atoms with Gasteiger partial charge in [0.1, 0.15) is 17.8 Å². The topological polar surface area (TPSA) is 84.6 Å². The van der Waals surface area contributed by atoms with E-state index in [1.807, 2.05) is 0 Å². The number of halogens is 1. The number of carboxylic acid groups (broad SMARTS) is 1. The number of aliphatic carboxylic acids is 1. The zero-order valence-corrected chi connectivity index (χ0v) is 13.0. The molecule has 0 fully saturated rings. The Labute approximate surface area is 141 Å². The molecule has 120 valence electrons. The van der Waals surface area contributed by atoms with E-state index in [0.29, 0.717) is 27.8 Å². The van der Waals surface area contributed by atoms with Crippen molar-refractivity contribution in [2.45, 2.75) is 5.92 Å². The smallest absolute Gasteiger partial charge is 0.336 e. The van der Waals surface area contributed by atoms with Crippen LogP contribution in [0.3, 0.4) is 0 Å². The van der Waals surface area contributed by atoms with E-state index in [-0.39, 0.29) is 11.1 Å². The van der Waals surface area contributed by atoms with Crippen LogP contribution < -0.4 is 5.63 Å². The van der Waals surface area contributed by atoms with Gasteiger partial charge in [0.25, 0.3) is 0 Å². The number of rotatable bonds is 4. The third kappa shape index (κ3) is 2.81. The number of hydrogen-bond donors (Lipinski definition) is 1. The van der Waals surface area contributed by atoms with E-state index < -0.39 is 17.5 Å². The Morgan fingerprint density at radius 3 is 2.54 bits per heavy atom.